The fourth-order valence-electron chi connectivity index (χ4n) is 1.98. The Morgan fingerprint density at radius 1 is 0.529 bits per heavy atom. The lowest BCUT2D eigenvalue weighted by atomic mass is 9.56. The molecule has 0 aromatic rings. The van der Waals surface area contributed by atoms with Crippen LogP contribution in [0.4, 0.5) is 0 Å². The maximum Gasteiger partial charge on any atom is 0.308 e. The van der Waals surface area contributed by atoms with E-state index < -0.39 is 47.5 Å². The molecule has 8 nitrogen and oxygen atoms in total. The van der Waals surface area contributed by atoms with Crippen molar-refractivity contribution in [2.75, 3.05) is 0 Å². The fourth-order valence-corrected chi connectivity index (χ4v) is 1.98. The van der Waals surface area contributed by atoms with Crippen LogP contribution in [0.2, 0.25) is 0 Å². The van der Waals surface area contributed by atoms with Crippen LogP contribution in [0.25, 0.3) is 0 Å². The maximum atomic E-state index is 10.7. The molecule has 1 fully saturated rings. The maximum absolute atomic E-state index is 10.7. The molecule has 0 atom stereocenters. The zero-order valence-corrected chi connectivity index (χ0v) is 9.85. The van der Waals surface area contributed by atoms with Gasteiger partial charge in [0.2, 0.25) is 0 Å². The molecule has 1 rings (SSSR count). The lowest BCUT2D eigenvalue weighted by Gasteiger charge is -2.42. The highest BCUT2D eigenvalue weighted by Gasteiger charge is 2.64. The van der Waals surface area contributed by atoms with Gasteiger partial charge in [-0.1, -0.05) is 0 Å². The van der Waals surface area contributed by atoms with Gasteiger partial charge in [-0.05, 0) is 0 Å². The van der Waals surface area contributed by atoms with Gasteiger partial charge in [0.15, 0.2) is 0 Å². The fraction of sp³-hybridized carbons (Fsp3) is 0.500. The van der Waals surface area contributed by atoms with E-state index in [0.717, 1.165) is 0 Å². The summed E-state index contributed by atoms with van der Waals surface area (Å²) in [4.78, 5) is 42.6. The van der Waals surface area contributed by atoms with E-state index in [1.54, 1.807) is 0 Å². The average Bonchev–Trinajstić information content (AvgIpc) is 1.97. The smallest absolute Gasteiger partial charge is 0.308 e. The van der Waals surface area contributed by atoms with Crippen molar-refractivity contribution in [3.8, 4) is 0 Å². The number of hydrogen-bond acceptors (Lipinski definition) is 4. The van der Waals surface area contributed by atoms with Crippen LogP contribution < -0.4 is 0 Å². The molecule has 17 heavy (non-hydrogen) atoms. The third-order valence-corrected chi connectivity index (χ3v) is 2.69. The topological polar surface area (TPSA) is 149 Å². The molecule has 0 amide bonds. The molecule has 1 saturated carbocycles. The normalized spacial score (nSPS) is 30.6. The Kier molecular flexibility index (Phi) is 4.89. The summed E-state index contributed by atoms with van der Waals surface area (Å²) >= 11 is 0. The second-order valence-electron chi connectivity index (χ2n) is 3.46. The summed E-state index contributed by atoms with van der Waals surface area (Å²) < 4.78 is 0. The molecule has 0 aromatic heterocycles. The van der Waals surface area contributed by atoms with Gasteiger partial charge in [0.05, 0.1) is 23.7 Å². The molecule has 1 aliphatic carbocycles. The number of rotatable bonds is 4. The summed E-state index contributed by atoms with van der Waals surface area (Å²) in [6, 6.07) is 0. The first-order chi connectivity index (χ1) is 7.29. The third-order valence-electron chi connectivity index (χ3n) is 2.69. The van der Waals surface area contributed by atoms with Gasteiger partial charge in [-0.15, -0.1) is 0 Å². The summed E-state index contributed by atoms with van der Waals surface area (Å²) in [5.74, 6) is -13.2. The highest BCUT2D eigenvalue weighted by Crippen LogP contribution is 2.46. The van der Waals surface area contributed by atoms with Crippen LogP contribution in [-0.4, -0.2) is 67.4 Å². The Labute approximate surface area is 110 Å². The van der Waals surface area contributed by atoms with Gasteiger partial charge < -0.3 is 20.4 Å². The Balaban J connectivity index is 0.00000256. The van der Waals surface area contributed by atoms with Crippen molar-refractivity contribution in [1.29, 1.82) is 0 Å². The molecule has 4 N–H and O–H groups in total. The van der Waals surface area contributed by atoms with Crippen LogP contribution in [0, 0.1) is 23.7 Å². The van der Waals surface area contributed by atoms with Crippen LogP contribution in [-0.2, 0) is 19.2 Å². The molecule has 0 heterocycles. The van der Waals surface area contributed by atoms with Crippen LogP contribution >= 0.6 is 0 Å². The summed E-state index contributed by atoms with van der Waals surface area (Å²) in [5, 5.41) is 34.6. The van der Waals surface area contributed by atoms with E-state index in [0.29, 0.717) is 0 Å². The molecule has 0 aromatic carbocycles. The van der Waals surface area contributed by atoms with Crippen molar-refractivity contribution in [2.24, 2.45) is 23.7 Å². The van der Waals surface area contributed by atoms with E-state index in [-0.39, 0.29) is 23.1 Å². The predicted molar refractivity (Wildman–Crippen MR) is 50.3 cm³/mol. The molecule has 0 aliphatic heterocycles. The summed E-state index contributed by atoms with van der Waals surface area (Å²) in [6.07, 6.45) is 0. The largest absolute Gasteiger partial charge is 0.481 e. The number of hydrogen-bond donors (Lipinski definition) is 4. The lowest BCUT2D eigenvalue weighted by Crippen LogP contribution is -2.59. The molecule has 90 valence electrons. The zero-order chi connectivity index (χ0) is 12.6. The minimum absolute atomic E-state index is 0. The van der Waals surface area contributed by atoms with E-state index in [1.165, 1.54) is 0 Å². The number of carboxylic acid groups (broad SMARTS) is 4. The zero-order valence-electron chi connectivity index (χ0n) is 8.44. The van der Waals surface area contributed by atoms with E-state index in [2.05, 4.69) is 0 Å². The number of carbonyl (C=O) groups is 4. The van der Waals surface area contributed by atoms with Gasteiger partial charge in [-0.3, -0.25) is 19.2 Å². The van der Waals surface area contributed by atoms with Gasteiger partial charge in [-0.25, -0.2) is 0 Å². The quantitative estimate of drug-likeness (QED) is 0.440. The van der Waals surface area contributed by atoms with Crippen LogP contribution in [0.1, 0.15) is 0 Å². The third kappa shape index (κ3) is 2.49. The Morgan fingerprint density at radius 2 is 0.647 bits per heavy atom. The summed E-state index contributed by atoms with van der Waals surface area (Å²) in [7, 11) is 0. The minimum Gasteiger partial charge on any atom is -0.481 e. The molecule has 0 bridgehead atoms. The molecular formula is C8H8MgO8. The van der Waals surface area contributed by atoms with Crippen LogP contribution in [0.3, 0.4) is 0 Å². The SMILES string of the molecule is O=C(O)C1C(C(=O)O)C(C(=O)O)C1C(=O)O.[Mg]. The van der Waals surface area contributed by atoms with Gasteiger partial charge >= 0.3 is 23.9 Å². The second kappa shape index (κ2) is 5.32. The van der Waals surface area contributed by atoms with E-state index >= 15 is 0 Å². The highest BCUT2D eigenvalue weighted by molar-refractivity contribution is 5.95. The molecule has 2 radical (unpaired) electrons. The first-order valence-corrected chi connectivity index (χ1v) is 4.20. The molecule has 0 spiro atoms. The molecule has 0 unspecified atom stereocenters. The van der Waals surface area contributed by atoms with Gasteiger partial charge in [0.25, 0.3) is 0 Å². The standard InChI is InChI=1S/C8H8O8.Mg/c9-5(10)1-2(6(11)12)4(8(15)16)3(1)7(13)14;/h1-4H,(H,9,10)(H,11,12)(H,13,14)(H,15,16);. The first-order valence-electron chi connectivity index (χ1n) is 4.20. The molecule has 9 heteroatoms. The minimum atomic E-state index is -1.70. The van der Waals surface area contributed by atoms with Crippen LogP contribution in [0.5, 0.6) is 0 Å². The highest BCUT2D eigenvalue weighted by atomic mass is 24.3. The molecular weight excluding hydrogens is 248 g/mol. The van der Waals surface area contributed by atoms with Gasteiger partial charge in [0.1, 0.15) is 0 Å². The Bertz CT molecular complexity index is 298. The molecule has 0 saturated heterocycles. The van der Waals surface area contributed by atoms with E-state index in [9.17, 15) is 19.2 Å². The van der Waals surface area contributed by atoms with Crippen molar-refractivity contribution in [3.05, 3.63) is 0 Å². The summed E-state index contributed by atoms with van der Waals surface area (Å²) in [6.45, 7) is 0. The second-order valence-corrected chi connectivity index (χ2v) is 3.46. The van der Waals surface area contributed by atoms with Crippen molar-refractivity contribution >= 4 is 46.9 Å². The number of aliphatic carboxylic acids is 4. The van der Waals surface area contributed by atoms with E-state index in [1.807, 2.05) is 0 Å². The van der Waals surface area contributed by atoms with E-state index in [4.69, 9.17) is 20.4 Å². The monoisotopic (exact) mass is 256 g/mol. The summed E-state index contributed by atoms with van der Waals surface area (Å²) in [5.41, 5.74) is 0. The van der Waals surface area contributed by atoms with Crippen molar-refractivity contribution < 1.29 is 39.6 Å². The van der Waals surface area contributed by atoms with Crippen molar-refractivity contribution in [1.82, 2.24) is 0 Å². The predicted octanol–water partition coefficient (Wildman–Crippen LogP) is -1.58. The first kappa shape index (κ1) is 15.6. The van der Waals surface area contributed by atoms with Gasteiger partial charge in [0, 0.05) is 23.1 Å². The number of carboxylic acids is 4. The Hall–Kier alpha value is -1.35. The van der Waals surface area contributed by atoms with Crippen LogP contribution in [0.15, 0.2) is 0 Å². The average molecular weight is 256 g/mol. The van der Waals surface area contributed by atoms with Gasteiger partial charge in [-0.2, -0.15) is 0 Å². The van der Waals surface area contributed by atoms with Crippen molar-refractivity contribution in [2.45, 2.75) is 0 Å². The molecule has 1 aliphatic rings. The lowest BCUT2D eigenvalue weighted by molar-refractivity contribution is -0.191. The Morgan fingerprint density at radius 3 is 0.706 bits per heavy atom. The van der Waals surface area contributed by atoms with Crippen molar-refractivity contribution in [3.63, 3.8) is 0 Å².